The second-order valence-corrected chi connectivity index (χ2v) is 4.76. The van der Waals surface area contributed by atoms with E-state index in [0.717, 1.165) is 13.1 Å². The van der Waals surface area contributed by atoms with Gasteiger partial charge in [0.2, 0.25) is 0 Å². The Morgan fingerprint density at radius 1 is 1.35 bits per heavy atom. The molecule has 0 saturated heterocycles. The zero-order chi connectivity index (χ0) is 12.7. The van der Waals surface area contributed by atoms with E-state index in [1.165, 1.54) is 39.2 Å². The first-order valence-corrected chi connectivity index (χ1v) is 6.68. The van der Waals surface area contributed by atoms with Gasteiger partial charge < -0.3 is 4.74 Å². The first-order chi connectivity index (χ1) is 8.19. The molecule has 0 radical (unpaired) electrons. The third kappa shape index (κ3) is 4.50. The highest BCUT2D eigenvalue weighted by molar-refractivity contribution is 5.87. The Kier molecular flexibility index (Phi) is 6.27. The largest absolute Gasteiger partial charge is 0.466 e. The lowest BCUT2D eigenvalue weighted by Gasteiger charge is -2.32. The number of hydrogen-bond donors (Lipinski definition) is 0. The summed E-state index contributed by atoms with van der Waals surface area (Å²) in [7, 11) is 1.43. The standard InChI is InChI=1S/C14H25NO2/c1-4-15(13-8-6-5-7-9-13)11-10-12(2)14(16)17-3/h10,13H,4-9,11H2,1-3H3. The van der Waals surface area contributed by atoms with Crippen LogP contribution in [0.15, 0.2) is 11.6 Å². The van der Waals surface area contributed by atoms with Crippen molar-refractivity contribution in [1.82, 2.24) is 4.90 Å². The quantitative estimate of drug-likeness (QED) is 0.546. The maximum Gasteiger partial charge on any atom is 0.333 e. The molecule has 1 fully saturated rings. The van der Waals surface area contributed by atoms with Gasteiger partial charge >= 0.3 is 5.97 Å². The Morgan fingerprint density at radius 3 is 2.53 bits per heavy atom. The minimum Gasteiger partial charge on any atom is -0.466 e. The molecule has 3 nitrogen and oxygen atoms in total. The van der Waals surface area contributed by atoms with Gasteiger partial charge in [-0.1, -0.05) is 32.3 Å². The van der Waals surface area contributed by atoms with Crippen LogP contribution >= 0.6 is 0 Å². The summed E-state index contributed by atoms with van der Waals surface area (Å²) in [6, 6.07) is 0.704. The van der Waals surface area contributed by atoms with Crippen molar-refractivity contribution in [3.8, 4) is 0 Å². The lowest BCUT2D eigenvalue weighted by molar-refractivity contribution is -0.136. The Labute approximate surface area is 105 Å². The van der Waals surface area contributed by atoms with Gasteiger partial charge in [-0.2, -0.15) is 0 Å². The molecular formula is C14H25NO2. The summed E-state index contributed by atoms with van der Waals surface area (Å²) < 4.78 is 4.70. The number of rotatable bonds is 5. The van der Waals surface area contributed by atoms with Crippen LogP contribution in [0.4, 0.5) is 0 Å². The molecule has 1 saturated carbocycles. The predicted molar refractivity (Wildman–Crippen MR) is 69.9 cm³/mol. The summed E-state index contributed by atoms with van der Waals surface area (Å²) >= 11 is 0. The SMILES string of the molecule is CCN(CC=C(C)C(=O)OC)C1CCCCC1. The maximum absolute atomic E-state index is 11.3. The van der Waals surface area contributed by atoms with E-state index in [-0.39, 0.29) is 5.97 Å². The van der Waals surface area contributed by atoms with Crippen LogP contribution in [0.1, 0.15) is 46.0 Å². The molecule has 0 aromatic heterocycles. The van der Waals surface area contributed by atoms with Crippen molar-refractivity contribution in [1.29, 1.82) is 0 Å². The van der Waals surface area contributed by atoms with Crippen LogP contribution in [0.5, 0.6) is 0 Å². The van der Waals surface area contributed by atoms with E-state index in [1.807, 2.05) is 13.0 Å². The second-order valence-electron chi connectivity index (χ2n) is 4.76. The topological polar surface area (TPSA) is 29.5 Å². The van der Waals surface area contributed by atoms with Crippen molar-refractivity contribution in [2.24, 2.45) is 0 Å². The highest BCUT2D eigenvalue weighted by Crippen LogP contribution is 2.22. The van der Waals surface area contributed by atoms with Crippen LogP contribution in [0.2, 0.25) is 0 Å². The summed E-state index contributed by atoms with van der Waals surface area (Å²) in [6.45, 7) is 5.92. The molecule has 0 aromatic carbocycles. The van der Waals surface area contributed by atoms with E-state index in [4.69, 9.17) is 4.74 Å². The molecule has 1 aliphatic carbocycles. The van der Waals surface area contributed by atoms with Crippen LogP contribution < -0.4 is 0 Å². The maximum atomic E-state index is 11.3. The molecule has 98 valence electrons. The highest BCUT2D eigenvalue weighted by Gasteiger charge is 2.19. The number of nitrogens with zero attached hydrogens (tertiary/aromatic N) is 1. The van der Waals surface area contributed by atoms with Crippen molar-refractivity contribution >= 4 is 5.97 Å². The fraction of sp³-hybridized carbons (Fsp3) is 0.786. The van der Waals surface area contributed by atoms with Gasteiger partial charge in [0.05, 0.1) is 7.11 Å². The van der Waals surface area contributed by atoms with Crippen molar-refractivity contribution in [3.63, 3.8) is 0 Å². The summed E-state index contributed by atoms with van der Waals surface area (Å²) in [5.74, 6) is -0.218. The zero-order valence-electron chi connectivity index (χ0n) is 11.4. The van der Waals surface area contributed by atoms with Gasteiger partial charge in [-0.15, -0.1) is 0 Å². The molecular weight excluding hydrogens is 214 g/mol. The molecule has 3 heteroatoms. The summed E-state index contributed by atoms with van der Waals surface area (Å²) in [5.41, 5.74) is 0.710. The van der Waals surface area contributed by atoms with Crippen molar-refractivity contribution in [2.75, 3.05) is 20.2 Å². The van der Waals surface area contributed by atoms with E-state index < -0.39 is 0 Å². The van der Waals surface area contributed by atoms with Crippen LogP contribution in [-0.4, -0.2) is 37.1 Å². The molecule has 0 bridgehead atoms. The first kappa shape index (κ1) is 14.2. The van der Waals surface area contributed by atoms with Crippen LogP contribution in [-0.2, 0) is 9.53 Å². The monoisotopic (exact) mass is 239 g/mol. The molecule has 0 unspecified atom stereocenters. The van der Waals surface area contributed by atoms with E-state index in [0.29, 0.717) is 11.6 Å². The van der Waals surface area contributed by atoms with Gasteiger partial charge in [0, 0.05) is 18.2 Å². The number of ether oxygens (including phenoxy) is 1. The van der Waals surface area contributed by atoms with Gasteiger partial charge in [-0.3, -0.25) is 4.90 Å². The van der Waals surface area contributed by atoms with Gasteiger partial charge in [0.15, 0.2) is 0 Å². The first-order valence-electron chi connectivity index (χ1n) is 6.68. The summed E-state index contributed by atoms with van der Waals surface area (Å²) in [5, 5.41) is 0. The third-order valence-electron chi connectivity index (χ3n) is 3.64. The average Bonchev–Trinajstić information content (AvgIpc) is 2.39. The van der Waals surface area contributed by atoms with Crippen LogP contribution in [0, 0.1) is 0 Å². The normalized spacial score (nSPS) is 18.5. The molecule has 0 aliphatic heterocycles. The molecule has 0 heterocycles. The molecule has 17 heavy (non-hydrogen) atoms. The van der Waals surface area contributed by atoms with Gasteiger partial charge in [-0.05, 0) is 26.3 Å². The molecule has 0 atom stereocenters. The fourth-order valence-electron chi connectivity index (χ4n) is 2.48. The highest BCUT2D eigenvalue weighted by atomic mass is 16.5. The van der Waals surface area contributed by atoms with Crippen molar-refractivity contribution < 1.29 is 9.53 Å². The number of esters is 1. The molecule has 0 N–H and O–H groups in total. The Bertz CT molecular complexity index is 267. The molecule has 0 aromatic rings. The Hall–Kier alpha value is -0.830. The number of methoxy groups -OCH3 is 1. The lowest BCUT2D eigenvalue weighted by Crippen LogP contribution is -2.36. The van der Waals surface area contributed by atoms with Crippen molar-refractivity contribution in [3.05, 3.63) is 11.6 Å². The second kappa shape index (κ2) is 7.49. The number of likely N-dealkylation sites (N-methyl/N-ethyl adjacent to an activating group) is 1. The minimum absolute atomic E-state index is 0.218. The van der Waals surface area contributed by atoms with Gasteiger partial charge in [-0.25, -0.2) is 4.79 Å². The number of carbonyl (C=O) groups excluding carboxylic acids is 1. The molecule has 1 aliphatic rings. The lowest BCUT2D eigenvalue weighted by atomic mass is 9.94. The van der Waals surface area contributed by atoms with Crippen LogP contribution in [0.25, 0.3) is 0 Å². The summed E-state index contributed by atoms with van der Waals surface area (Å²) in [6.07, 6.45) is 8.68. The smallest absolute Gasteiger partial charge is 0.333 e. The fourth-order valence-corrected chi connectivity index (χ4v) is 2.48. The molecule has 0 amide bonds. The molecule has 0 spiro atoms. The minimum atomic E-state index is -0.218. The van der Waals surface area contributed by atoms with Crippen molar-refractivity contribution in [2.45, 2.75) is 52.0 Å². The average molecular weight is 239 g/mol. The van der Waals surface area contributed by atoms with Gasteiger partial charge in [0.25, 0.3) is 0 Å². The van der Waals surface area contributed by atoms with E-state index in [9.17, 15) is 4.79 Å². The van der Waals surface area contributed by atoms with Gasteiger partial charge in [0.1, 0.15) is 0 Å². The number of hydrogen-bond acceptors (Lipinski definition) is 3. The van der Waals surface area contributed by atoms with E-state index in [1.54, 1.807) is 0 Å². The zero-order valence-corrected chi connectivity index (χ0v) is 11.4. The Balaban J connectivity index is 2.48. The summed E-state index contributed by atoms with van der Waals surface area (Å²) in [4.78, 5) is 13.7. The van der Waals surface area contributed by atoms with E-state index >= 15 is 0 Å². The molecule has 1 rings (SSSR count). The van der Waals surface area contributed by atoms with E-state index in [2.05, 4.69) is 11.8 Å². The Morgan fingerprint density at radius 2 is 2.00 bits per heavy atom. The third-order valence-corrected chi connectivity index (χ3v) is 3.64. The predicted octanol–water partition coefficient (Wildman–Crippen LogP) is 2.76. The van der Waals surface area contributed by atoms with Crippen LogP contribution in [0.3, 0.4) is 0 Å². The number of carbonyl (C=O) groups is 1.